The highest BCUT2D eigenvalue weighted by Gasteiger charge is 2.45. The Kier molecular flexibility index (Phi) is 6.02. The van der Waals surface area contributed by atoms with Gasteiger partial charge in [-0.3, -0.25) is 9.89 Å². The molecule has 1 atom stereocenters. The van der Waals surface area contributed by atoms with E-state index >= 15 is 0 Å². The number of piperazine rings is 1. The lowest BCUT2D eigenvalue weighted by molar-refractivity contribution is 0.116. The maximum Gasteiger partial charge on any atom is 0.191 e. The van der Waals surface area contributed by atoms with Crippen LogP contribution >= 0.6 is 15.9 Å². The molecule has 1 aliphatic heterocycles. The van der Waals surface area contributed by atoms with Gasteiger partial charge in [-0.1, -0.05) is 34.1 Å². The van der Waals surface area contributed by atoms with Crippen LogP contribution in [0, 0.1) is 0 Å². The van der Waals surface area contributed by atoms with E-state index in [1.807, 2.05) is 7.05 Å². The van der Waals surface area contributed by atoms with Gasteiger partial charge in [0, 0.05) is 55.7 Å². The van der Waals surface area contributed by atoms with E-state index in [0.717, 1.165) is 38.7 Å². The number of hydrogen-bond acceptors (Lipinski definition) is 3. The number of guanidine groups is 1. The molecule has 0 bridgehead atoms. The Labute approximate surface area is 160 Å². The molecule has 138 valence electrons. The Morgan fingerprint density at radius 3 is 2.68 bits per heavy atom. The zero-order valence-corrected chi connectivity index (χ0v) is 17.1. The third kappa shape index (κ3) is 4.54. The summed E-state index contributed by atoms with van der Waals surface area (Å²) in [6.07, 6.45) is 2.46. The second-order valence-electron chi connectivity index (χ2n) is 7.46. The van der Waals surface area contributed by atoms with Gasteiger partial charge in [0.05, 0.1) is 0 Å². The normalized spacial score (nSPS) is 24.2. The van der Waals surface area contributed by atoms with Gasteiger partial charge in [-0.15, -0.1) is 0 Å². The smallest absolute Gasteiger partial charge is 0.191 e. The number of benzene rings is 1. The van der Waals surface area contributed by atoms with Crippen molar-refractivity contribution in [2.75, 3.05) is 53.9 Å². The number of nitrogens with one attached hydrogen (secondary N) is 2. The van der Waals surface area contributed by atoms with Crippen molar-refractivity contribution in [3.63, 3.8) is 0 Å². The fourth-order valence-corrected chi connectivity index (χ4v) is 4.30. The van der Waals surface area contributed by atoms with Crippen LogP contribution in [0.15, 0.2) is 33.7 Å². The van der Waals surface area contributed by atoms with Crippen molar-refractivity contribution >= 4 is 21.9 Å². The molecule has 2 aliphatic rings. The highest BCUT2D eigenvalue weighted by molar-refractivity contribution is 9.10. The molecular formula is C19H30BrN5. The highest BCUT2D eigenvalue weighted by Crippen LogP contribution is 2.49. The first-order valence-corrected chi connectivity index (χ1v) is 9.92. The van der Waals surface area contributed by atoms with Crippen molar-refractivity contribution in [1.82, 2.24) is 20.4 Å². The predicted octanol–water partition coefficient (Wildman–Crippen LogP) is 1.89. The molecule has 6 heteroatoms. The Morgan fingerprint density at radius 2 is 2.00 bits per heavy atom. The molecular weight excluding hydrogens is 378 g/mol. The Bertz CT molecular complexity index is 614. The van der Waals surface area contributed by atoms with E-state index in [9.17, 15) is 0 Å². The third-order valence-electron chi connectivity index (χ3n) is 5.60. The van der Waals surface area contributed by atoms with Crippen molar-refractivity contribution in [1.29, 1.82) is 0 Å². The summed E-state index contributed by atoms with van der Waals surface area (Å²) in [5, 5.41) is 7.06. The molecule has 1 unspecified atom stereocenters. The summed E-state index contributed by atoms with van der Waals surface area (Å²) in [5.74, 6) is 0.903. The number of aliphatic imine (C=N–C) groups is 1. The lowest BCUT2D eigenvalue weighted by Gasteiger charge is -2.38. The van der Waals surface area contributed by atoms with Crippen molar-refractivity contribution in [2.24, 2.45) is 4.99 Å². The molecule has 25 heavy (non-hydrogen) atoms. The maximum absolute atomic E-state index is 4.41. The summed E-state index contributed by atoms with van der Waals surface area (Å²) in [7, 11) is 6.26. The van der Waals surface area contributed by atoms with Crippen LogP contribution in [0.2, 0.25) is 0 Å². The zero-order chi connectivity index (χ0) is 17.9. The number of halogens is 1. The van der Waals surface area contributed by atoms with Crippen molar-refractivity contribution in [2.45, 2.75) is 24.3 Å². The monoisotopic (exact) mass is 407 g/mol. The summed E-state index contributed by atoms with van der Waals surface area (Å²) in [5.41, 5.74) is 1.66. The molecule has 1 saturated heterocycles. The van der Waals surface area contributed by atoms with Crippen LogP contribution in [-0.4, -0.2) is 75.7 Å². The lowest BCUT2D eigenvalue weighted by atomic mass is 9.96. The summed E-state index contributed by atoms with van der Waals surface area (Å²) in [6.45, 7) is 5.22. The topological polar surface area (TPSA) is 42.9 Å². The fourth-order valence-electron chi connectivity index (χ4n) is 3.59. The van der Waals surface area contributed by atoms with Gasteiger partial charge in [0.25, 0.3) is 0 Å². The van der Waals surface area contributed by atoms with Crippen LogP contribution in [0.25, 0.3) is 0 Å². The molecule has 5 nitrogen and oxygen atoms in total. The second-order valence-corrected chi connectivity index (χ2v) is 8.32. The first-order chi connectivity index (χ1) is 12.0. The Morgan fingerprint density at radius 1 is 1.24 bits per heavy atom. The van der Waals surface area contributed by atoms with Crippen molar-refractivity contribution in [3.8, 4) is 0 Å². The van der Waals surface area contributed by atoms with Gasteiger partial charge in [0.15, 0.2) is 5.96 Å². The molecule has 1 aromatic carbocycles. The van der Waals surface area contributed by atoms with Gasteiger partial charge >= 0.3 is 0 Å². The van der Waals surface area contributed by atoms with Gasteiger partial charge in [0.1, 0.15) is 0 Å². The Hall–Kier alpha value is -1.11. The van der Waals surface area contributed by atoms with Crippen LogP contribution in [0.3, 0.4) is 0 Å². The molecule has 2 fully saturated rings. The van der Waals surface area contributed by atoms with E-state index in [1.165, 1.54) is 22.9 Å². The average Bonchev–Trinajstić information content (AvgIpc) is 3.39. The second kappa shape index (κ2) is 8.06. The molecule has 0 aromatic heterocycles. The minimum absolute atomic E-state index is 0.250. The van der Waals surface area contributed by atoms with E-state index in [4.69, 9.17) is 0 Å². The number of rotatable bonds is 5. The third-order valence-corrected chi connectivity index (χ3v) is 6.29. The van der Waals surface area contributed by atoms with Gasteiger partial charge < -0.3 is 15.5 Å². The van der Waals surface area contributed by atoms with Gasteiger partial charge in [0.2, 0.25) is 0 Å². The zero-order valence-electron chi connectivity index (χ0n) is 15.6. The van der Waals surface area contributed by atoms with E-state index in [0.29, 0.717) is 6.04 Å². The summed E-state index contributed by atoms with van der Waals surface area (Å²) >= 11 is 3.71. The van der Waals surface area contributed by atoms with E-state index in [-0.39, 0.29) is 5.41 Å². The van der Waals surface area contributed by atoms with Crippen LogP contribution in [0.1, 0.15) is 18.4 Å². The Balaban J connectivity index is 1.52. The number of nitrogens with zero attached hydrogens (tertiary/aromatic N) is 3. The van der Waals surface area contributed by atoms with E-state index < -0.39 is 0 Å². The predicted molar refractivity (Wildman–Crippen MR) is 108 cm³/mol. The molecule has 1 aliphatic carbocycles. The van der Waals surface area contributed by atoms with Crippen LogP contribution < -0.4 is 10.6 Å². The van der Waals surface area contributed by atoms with Gasteiger partial charge in [-0.05, 0) is 38.6 Å². The summed E-state index contributed by atoms with van der Waals surface area (Å²) < 4.78 is 1.21. The number of likely N-dealkylation sites (N-methyl/N-ethyl adjacent to an activating group) is 2. The van der Waals surface area contributed by atoms with Gasteiger partial charge in [-0.25, -0.2) is 0 Å². The van der Waals surface area contributed by atoms with Crippen LogP contribution in [-0.2, 0) is 5.41 Å². The SMILES string of the molecule is CN=C(NCC1CN(C)CCN1C)NCC1(c2ccccc2Br)CC1. The molecule has 0 amide bonds. The van der Waals surface area contributed by atoms with Gasteiger partial charge in [-0.2, -0.15) is 0 Å². The van der Waals surface area contributed by atoms with E-state index in [2.05, 4.69) is 79.7 Å². The standard InChI is InChI=1S/C19H30BrN5/c1-21-18(22-12-15-13-24(2)10-11-25(15)3)23-14-19(8-9-19)16-6-4-5-7-17(16)20/h4-7,15H,8-14H2,1-3H3,(H2,21,22,23). The largest absolute Gasteiger partial charge is 0.356 e. The first-order valence-electron chi connectivity index (χ1n) is 9.12. The molecule has 1 aromatic rings. The highest BCUT2D eigenvalue weighted by atomic mass is 79.9. The summed E-state index contributed by atoms with van der Waals surface area (Å²) in [4.78, 5) is 9.25. The van der Waals surface area contributed by atoms with Crippen molar-refractivity contribution in [3.05, 3.63) is 34.3 Å². The minimum atomic E-state index is 0.250. The fraction of sp³-hybridized carbons (Fsp3) is 0.632. The average molecular weight is 408 g/mol. The molecule has 0 spiro atoms. The van der Waals surface area contributed by atoms with Crippen molar-refractivity contribution < 1.29 is 0 Å². The first kappa shape index (κ1) is 18.7. The molecule has 1 saturated carbocycles. The lowest BCUT2D eigenvalue weighted by Crippen LogP contribution is -2.55. The van der Waals surface area contributed by atoms with Crippen LogP contribution in [0.4, 0.5) is 0 Å². The summed E-state index contributed by atoms with van der Waals surface area (Å²) in [6, 6.07) is 9.10. The van der Waals surface area contributed by atoms with E-state index in [1.54, 1.807) is 0 Å². The molecule has 3 rings (SSSR count). The number of hydrogen-bond donors (Lipinski definition) is 2. The molecule has 2 N–H and O–H groups in total. The quantitative estimate of drug-likeness (QED) is 0.577. The van der Waals surface area contributed by atoms with Crippen LogP contribution in [0.5, 0.6) is 0 Å². The minimum Gasteiger partial charge on any atom is -0.356 e. The maximum atomic E-state index is 4.41. The molecule has 0 radical (unpaired) electrons. The molecule has 1 heterocycles.